The minimum absolute atomic E-state index is 0.353. The first-order valence-corrected chi connectivity index (χ1v) is 6.77. The Bertz CT molecular complexity index is 572. The van der Waals surface area contributed by atoms with Crippen LogP contribution in [0.4, 0.5) is 0 Å². The van der Waals surface area contributed by atoms with Crippen LogP contribution in [-0.2, 0) is 16.0 Å². The summed E-state index contributed by atoms with van der Waals surface area (Å²) in [7, 11) is 0. The van der Waals surface area contributed by atoms with Crippen LogP contribution in [0.25, 0.3) is 5.69 Å². The number of benzene rings is 1. The number of aromatic nitrogens is 1. The van der Waals surface area contributed by atoms with Crippen molar-refractivity contribution in [2.24, 2.45) is 5.73 Å². The number of carbonyl (C=O) groups is 1. The number of ether oxygens (including phenoxy) is 1. The van der Waals surface area contributed by atoms with E-state index in [4.69, 9.17) is 10.5 Å². The maximum Gasteiger partial charge on any atom is 0.323 e. The molecule has 2 rings (SSSR count). The van der Waals surface area contributed by atoms with Crippen LogP contribution in [0.2, 0.25) is 0 Å². The molecular weight excluding hydrogens is 252 g/mol. The molecule has 4 heteroatoms. The molecule has 0 radical (unpaired) electrons. The number of rotatable bonds is 5. The van der Waals surface area contributed by atoms with Gasteiger partial charge in [-0.2, -0.15) is 0 Å². The lowest BCUT2D eigenvalue weighted by atomic mass is 10.1. The lowest BCUT2D eigenvalue weighted by Gasteiger charge is -2.13. The van der Waals surface area contributed by atoms with Crippen molar-refractivity contribution >= 4 is 5.97 Å². The van der Waals surface area contributed by atoms with E-state index in [0.717, 1.165) is 11.4 Å². The number of hydrogen-bond acceptors (Lipinski definition) is 3. The number of nitrogens with zero attached hydrogens (tertiary/aromatic N) is 1. The van der Waals surface area contributed by atoms with Gasteiger partial charge in [0.15, 0.2) is 0 Å². The highest BCUT2D eigenvalue weighted by atomic mass is 16.5. The quantitative estimate of drug-likeness (QED) is 0.849. The van der Waals surface area contributed by atoms with E-state index in [1.165, 1.54) is 5.56 Å². The van der Waals surface area contributed by atoms with Gasteiger partial charge < -0.3 is 15.0 Å². The zero-order valence-electron chi connectivity index (χ0n) is 11.9. The Labute approximate surface area is 119 Å². The molecule has 0 bridgehead atoms. The zero-order valence-corrected chi connectivity index (χ0v) is 11.9. The first-order valence-electron chi connectivity index (χ1n) is 6.77. The molecule has 0 aliphatic carbocycles. The standard InChI is InChI=1S/C16H20N2O2/c1-3-20-16(19)15(17)11-14-5-4-10-18(14)13-8-6-12(2)7-9-13/h4-10,15H,3,11,17H2,1-2H3. The molecular formula is C16H20N2O2. The van der Waals surface area contributed by atoms with Crippen LogP contribution < -0.4 is 5.73 Å². The summed E-state index contributed by atoms with van der Waals surface area (Å²) in [6.07, 6.45) is 2.43. The highest BCUT2D eigenvalue weighted by Gasteiger charge is 2.17. The predicted octanol–water partition coefficient (Wildman–Crippen LogP) is 2.22. The van der Waals surface area contributed by atoms with E-state index in [9.17, 15) is 4.79 Å². The second kappa shape index (κ2) is 6.39. The van der Waals surface area contributed by atoms with Crippen LogP contribution in [0.15, 0.2) is 42.6 Å². The Morgan fingerprint density at radius 3 is 2.65 bits per heavy atom. The van der Waals surface area contributed by atoms with Gasteiger partial charge in [-0.25, -0.2) is 0 Å². The second-order valence-corrected chi connectivity index (χ2v) is 4.77. The van der Waals surface area contributed by atoms with Gasteiger partial charge in [-0.3, -0.25) is 4.79 Å². The first-order chi connectivity index (χ1) is 9.61. The number of nitrogens with two attached hydrogens (primary N) is 1. The molecule has 1 aromatic heterocycles. The molecule has 20 heavy (non-hydrogen) atoms. The third-order valence-electron chi connectivity index (χ3n) is 3.16. The normalized spacial score (nSPS) is 12.2. The van der Waals surface area contributed by atoms with Crippen molar-refractivity contribution in [3.63, 3.8) is 0 Å². The van der Waals surface area contributed by atoms with Crippen molar-refractivity contribution in [3.8, 4) is 5.69 Å². The predicted molar refractivity (Wildman–Crippen MR) is 78.8 cm³/mol. The molecule has 1 unspecified atom stereocenters. The summed E-state index contributed by atoms with van der Waals surface area (Å²) < 4.78 is 6.98. The van der Waals surface area contributed by atoms with Crippen molar-refractivity contribution in [2.45, 2.75) is 26.3 Å². The van der Waals surface area contributed by atoms with Gasteiger partial charge in [0, 0.05) is 24.0 Å². The average molecular weight is 272 g/mol. The van der Waals surface area contributed by atoms with E-state index in [1.54, 1.807) is 6.92 Å². The molecule has 0 saturated heterocycles. The number of esters is 1. The molecule has 0 fully saturated rings. The van der Waals surface area contributed by atoms with Crippen LogP contribution in [-0.4, -0.2) is 23.2 Å². The Morgan fingerprint density at radius 1 is 1.30 bits per heavy atom. The molecule has 0 spiro atoms. The van der Waals surface area contributed by atoms with Crippen LogP contribution in [0.5, 0.6) is 0 Å². The molecule has 0 aliphatic rings. The highest BCUT2D eigenvalue weighted by Crippen LogP contribution is 2.15. The minimum Gasteiger partial charge on any atom is -0.465 e. The van der Waals surface area contributed by atoms with Gasteiger partial charge in [0.25, 0.3) is 0 Å². The van der Waals surface area contributed by atoms with Gasteiger partial charge >= 0.3 is 5.97 Å². The third kappa shape index (κ3) is 3.27. The maximum absolute atomic E-state index is 11.6. The SMILES string of the molecule is CCOC(=O)C(N)Cc1cccn1-c1ccc(C)cc1. The minimum atomic E-state index is -0.631. The number of hydrogen-bond donors (Lipinski definition) is 1. The van der Waals surface area contributed by atoms with Gasteiger partial charge in [-0.05, 0) is 38.1 Å². The van der Waals surface area contributed by atoms with Crippen molar-refractivity contribution in [1.29, 1.82) is 0 Å². The molecule has 1 atom stereocenters. The van der Waals surface area contributed by atoms with Crippen LogP contribution in [0.1, 0.15) is 18.2 Å². The molecule has 1 aromatic carbocycles. The maximum atomic E-state index is 11.6. The number of carbonyl (C=O) groups excluding carboxylic acids is 1. The van der Waals surface area contributed by atoms with E-state index in [0.29, 0.717) is 13.0 Å². The summed E-state index contributed by atoms with van der Waals surface area (Å²) in [5, 5.41) is 0. The Kier molecular flexibility index (Phi) is 4.58. The summed E-state index contributed by atoms with van der Waals surface area (Å²) in [5.74, 6) is -0.357. The summed E-state index contributed by atoms with van der Waals surface area (Å²) in [6, 6.07) is 11.5. The largest absolute Gasteiger partial charge is 0.465 e. The summed E-state index contributed by atoms with van der Waals surface area (Å²) in [6.45, 7) is 4.18. The van der Waals surface area contributed by atoms with E-state index >= 15 is 0 Å². The van der Waals surface area contributed by atoms with Crippen molar-refractivity contribution in [1.82, 2.24) is 4.57 Å². The van der Waals surface area contributed by atoms with Crippen LogP contribution in [0.3, 0.4) is 0 Å². The molecule has 2 N–H and O–H groups in total. The van der Waals surface area contributed by atoms with E-state index < -0.39 is 6.04 Å². The average Bonchev–Trinajstić information content (AvgIpc) is 2.88. The highest BCUT2D eigenvalue weighted by molar-refractivity contribution is 5.75. The third-order valence-corrected chi connectivity index (χ3v) is 3.16. The lowest BCUT2D eigenvalue weighted by Crippen LogP contribution is -2.34. The Morgan fingerprint density at radius 2 is 2.00 bits per heavy atom. The summed E-state index contributed by atoms with van der Waals surface area (Å²) >= 11 is 0. The molecule has 2 aromatic rings. The zero-order chi connectivity index (χ0) is 14.5. The Hall–Kier alpha value is -2.07. The fraction of sp³-hybridized carbons (Fsp3) is 0.312. The van der Waals surface area contributed by atoms with Gasteiger partial charge in [-0.15, -0.1) is 0 Å². The topological polar surface area (TPSA) is 57.2 Å². The fourth-order valence-electron chi connectivity index (χ4n) is 2.10. The molecule has 4 nitrogen and oxygen atoms in total. The van der Waals surface area contributed by atoms with Gasteiger partial charge in [-0.1, -0.05) is 17.7 Å². The molecule has 0 amide bonds. The van der Waals surface area contributed by atoms with E-state index in [2.05, 4.69) is 31.2 Å². The smallest absolute Gasteiger partial charge is 0.323 e. The number of aryl methyl sites for hydroxylation is 1. The first kappa shape index (κ1) is 14.3. The van der Waals surface area contributed by atoms with Crippen LogP contribution >= 0.6 is 0 Å². The van der Waals surface area contributed by atoms with E-state index in [1.807, 2.05) is 22.9 Å². The van der Waals surface area contributed by atoms with Gasteiger partial charge in [0.1, 0.15) is 6.04 Å². The molecule has 1 heterocycles. The van der Waals surface area contributed by atoms with Crippen molar-refractivity contribution in [2.75, 3.05) is 6.61 Å². The summed E-state index contributed by atoms with van der Waals surface area (Å²) in [4.78, 5) is 11.6. The van der Waals surface area contributed by atoms with Gasteiger partial charge in [0.05, 0.1) is 6.61 Å². The lowest BCUT2D eigenvalue weighted by molar-refractivity contribution is -0.144. The monoisotopic (exact) mass is 272 g/mol. The Balaban J connectivity index is 2.16. The molecule has 106 valence electrons. The van der Waals surface area contributed by atoms with Gasteiger partial charge in [0.2, 0.25) is 0 Å². The van der Waals surface area contributed by atoms with Crippen LogP contribution in [0, 0.1) is 6.92 Å². The molecule has 0 aliphatic heterocycles. The summed E-state index contributed by atoms with van der Waals surface area (Å²) in [5.41, 5.74) is 9.15. The second-order valence-electron chi connectivity index (χ2n) is 4.77. The van der Waals surface area contributed by atoms with E-state index in [-0.39, 0.29) is 5.97 Å². The van der Waals surface area contributed by atoms with Crippen molar-refractivity contribution in [3.05, 3.63) is 53.9 Å². The fourth-order valence-corrected chi connectivity index (χ4v) is 2.10. The van der Waals surface area contributed by atoms with Crippen molar-refractivity contribution < 1.29 is 9.53 Å². The molecule has 0 saturated carbocycles.